The minimum absolute atomic E-state index is 0.318. The van der Waals surface area contributed by atoms with Gasteiger partial charge < -0.3 is 0 Å². The van der Waals surface area contributed by atoms with Crippen LogP contribution >= 0.6 is 15.9 Å². The van der Waals surface area contributed by atoms with Gasteiger partial charge in [-0.1, -0.05) is 0 Å². The van der Waals surface area contributed by atoms with E-state index in [0.717, 1.165) is 31.2 Å². The van der Waals surface area contributed by atoms with Crippen molar-refractivity contribution in [3.8, 4) is 11.3 Å². The maximum absolute atomic E-state index is 4.78. The van der Waals surface area contributed by atoms with E-state index >= 15 is 0 Å². The second kappa shape index (κ2) is 7.08. The molecule has 0 N–H and O–H groups in total. The Morgan fingerprint density at radius 1 is 1.08 bits per heavy atom. The molecular formula is C19H15BrN4Se. The van der Waals surface area contributed by atoms with Gasteiger partial charge in [0.25, 0.3) is 0 Å². The molecule has 2 aromatic carbocycles. The van der Waals surface area contributed by atoms with E-state index in [4.69, 9.17) is 4.98 Å². The van der Waals surface area contributed by atoms with Crippen molar-refractivity contribution in [1.82, 2.24) is 20.0 Å². The van der Waals surface area contributed by atoms with Crippen molar-refractivity contribution in [2.45, 2.75) is 12.4 Å². The van der Waals surface area contributed by atoms with E-state index in [0.29, 0.717) is 21.5 Å². The van der Waals surface area contributed by atoms with Crippen molar-refractivity contribution in [3.63, 3.8) is 0 Å². The molecule has 0 aliphatic heterocycles. The zero-order valence-corrected chi connectivity index (χ0v) is 16.9. The van der Waals surface area contributed by atoms with E-state index in [-0.39, 0.29) is 0 Å². The van der Waals surface area contributed by atoms with Gasteiger partial charge in [0, 0.05) is 0 Å². The summed E-state index contributed by atoms with van der Waals surface area (Å²) < 4.78 is 4.00. The summed E-state index contributed by atoms with van der Waals surface area (Å²) in [6, 6.07) is 18.6. The molecule has 0 radical (unpaired) electrons. The summed E-state index contributed by atoms with van der Waals surface area (Å²) in [6.07, 6.45) is 2.01. The van der Waals surface area contributed by atoms with E-state index < -0.39 is 0 Å². The van der Waals surface area contributed by atoms with E-state index in [9.17, 15) is 0 Å². The Kier molecular flexibility index (Phi) is 4.66. The van der Waals surface area contributed by atoms with Gasteiger partial charge in [0.1, 0.15) is 0 Å². The molecule has 0 unspecified atom stereocenters. The fourth-order valence-corrected chi connectivity index (χ4v) is 4.11. The van der Waals surface area contributed by atoms with Crippen molar-refractivity contribution in [3.05, 3.63) is 70.8 Å². The van der Waals surface area contributed by atoms with Crippen LogP contribution in [0.5, 0.6) is 0 Å². The van der Waals surface area contributed by atoms with Crippen molar-refractivity contribution in [2.75, 3.05) is 0 Å². The first-order chi connectivity index (χ1) is 12.2. The van der Waals surface area contributed by atoms with Crippen LogP contribution in [0.3, 0.4) is 0 Å². The van der Waals surface area contributed by atoms with Crippen molar-refractivity contribution in [2.24, 2.45) is 0 Å². The average molecular weight is 458 g/mol. The van der Waals surface area contributed by atoms with Crippen LogP contribution in [-0.2, 0) is 6.54 Å². The molecule has 0 aliphatic carbocycles. The van der Waals surface area contributed by atoms with Gasteiger partial charge in [-0.2, -0.15) is 0 Å². The predicted molar refractivity (Wildman–Crippen MR) is 105 cm³/mol. The van der Waals surface area contributed by atoms with Crippen LogP contribution in [0, 0.1) is 0 Å². The number of para-hydroxylation sites is 1. The van der Waals surface area contributed by atoms with Crippen LogP contribution < -0.4 is 4.59 Å². The third-order valence-electron chi connectivity index (χ3n) is 3.98. The molecule has 4 aromatic rings. The molecule has 0 amide bonds. The molecule has 0 saturated heterocycles. The molecule has 6 heteroatoms. The normalized spacial score (nSPS) is 11.1. The molecule has 0 aliphatic rings. The third kappa shape index (κ3) is 3.38. The van der Waals surface area contributed by atoms with Gasteiger partial charge in [-0.05, 0) is 0 Å². The van der Waals surface area contributed by atoms with Crippen LogP contribution in [0.15, 0.2) is 65.3 Å². The van der Waals surface area contributed by atoms with Gasteiger partial charge >= 0.3 is 161 Å². The fraction of sp³-hybridized carbons (Fsp3) is 0.105. The molecule has 124 valence electrons. The quantitative estimate of drug-likeness (QED) is 0.439. The van der Waals surface area contributed by atoms with Crippen LogP contribution in [0.2, 0.25) is 5.82 Å². The van der Waals surface area contributed by atoms with Crippen molar-refractivity contribution in [1.29, 1.82) is 0 Å². The first kappa shape index (κ1) is 16.5. The summed E-state index contributed by atoms with van der Waals surface area (Å²) in [4.78, 5) is 4.78. The van der Waals surface area contributed by atoms with Crippen LogP contribution in [0.1, 0.15) is 5.56 Å². The minimum atomic E-state index is 0.318. The second-order valence-corrected chi connectivity index (χ2v) is 8.22. The van der Waals surface area contributed by atoms with Crippen molar-refractivity contribution < 1.29 is 0 Å². The molecule has 0 bridgehead atoms. The van der Waals surface area contributed by atoms with Gasteiger partial charge in [-0.25, -0.2) is 0 Å². The van der Waals surface area contributed by atoms with E-state index in [1.165, 1.54) is 5.56 Å². The molecule has 2 aromatic heterocycles. The number of rotatable bonds is 4. The summed E-state index contributed by atoms with van der Waals surface area (Å²) in [5, 5.41) is 9.82. The number of pyridine rings is 1. The Balaban J connectivity index is 1.78. The Hall–Kier alpha value is -2.01. The van der Waals surface area contributed by atoms with E-state index in [2.05, 4.69) is 56.3 Å². The second-order valence-electron chi connectivity index (χ2n) is 5.64. The number of benzene rings is 2. The number of hydrogen-bond donors (Lipinski definition) is 0. The first-order valence-corrected chi connectivity index (χ1v) is 11.2. The monoisotopic (exact) mass is 458 g/mol. The summed E-state index contributed by atoms with van der Waals surface area (Å²) in [5.41, 5.74) is 4.16. The zero-order valence-electron chi connectivity index (χ0n) is 13.6. The molecule has 4 nitrogen and oxygen atoms in total. The number of halogens is 1. The van der Waals surface area contributed by atoms with Crippen LogP contribution in [0.4, 0.5) is 0 Å². The molecule has 0 saturated carbocycles. The summed E-state index contributed by atoms with van der Waals surface area (Å²) in [6.45, 7) is 0.713. The Bertz CT molecular complexity index is 1030. The number of aromatic nitrogens is 4. The van der Waals surface area contributed by atoms with Crippen molar-refractivity contribution >= 4 is 46.4 Å². The number of hydrogen-bond acceptors (Lipinski definition) is 3. The van der Waals surface area contributed by atoms with Crippen LogP contribution in [-0.4, -0.2) is 34.9 Å². The fourth-order valence-electron chi connectivity index (χ4n) is 2.78. The molecule has 25 heavy (non-hydrogen) atoms. The standard InChI is InChI=1S/C19H15BrN4Se/c1-25-18-10-15(14-8-5-9-16(20)19(14)21-18)17-12-24(23-22-17)11-13-6-3-2-4-7-13/h2-10,12H,11H2,1H3. The topological polar surface area (TPSA) is 43.6 Å². The Labute approximate surface area is 160 Å². The maximum atomic E-state index is 4.78. The molecule has 0 spiro atoms. The van der Waals surface area contributed by atoms with E-state index in [1.807, 2.05) is 41.2 Å². The molecule has 4 rings (SSSR count). The van der Waals surface area contributed by atoms with Gasteiger partial charge in [-0.15, -0.1) is 0 Å². The van der Waals surface area contributed by atoms with E-state index in [1.54, 1.807) is 0 Å². The third-order valence-corrected chi connectivity index (χ3v) is 5.93. The average Bonchev–Trinajstić information content (AvgIpc) is 3.10. The summed E-state index contributed by atoms with van der Waals surface area (Å²) in [7, 11) is 0. The zero-order chi connectivity index (χ0) is 17.2. The first-order valence-electron chi connectivity index (χ1n) is 7.82. The summed E-state index contributed by atoms with van der Waals surface area (Å²) in [5.74, 6) is 2.17. The summed E-state index contributed by atoms with van der Waals surface area (Å²) >= 11 is 3.94. The number of fused-ring (bicyclic) bond motifs is 1. The molecular weight excluding hydrogens is 443 g/mol. The van der Waals surface area contributed by atoms with Gasteiger partial charge in [-0.3, -0.25) is 0 Å². The molecule has 2 heterocycles. The Morgan fingerprint density at radius 2 is 1.92 bits per heavy atom. The van der Waals surface area contributed by atoms with Crippen LogP contribution in [0.25, 0.3) is 22.2 Å². The Morgan fingerprint density at radius 3 is 2.72 bits per heavy atom. The predicted octanol–water partition coefficient (Wildman–Crippen LogP) is 3.68. The number of nitrogens with zero attached hydrogens (tertiary/aromatic N) is 4. The van der Waals surface area contributed by atoms with Gasteiger partial charge in [0.15, 0.2) is 0 Å². The van der Waals surface area contributed by atoms with Gasteiger partial charge in [0.2, 0.25) is 0 Å². The van der Waals surface area contributed by atoms with Gasteiger partial charge in [0.05, 0.1) is 0 Å². The molecule has 0 atom stereocenters. The molecule has 0 fully saturated rings. The SMILES string of the molecule is C[Se]c1cc(-c2cn(Cc3ccccc3)nn2)c2cccc(Br)c2n1.